The number of ether oxygens (including phenoxy) is 2. The molecule has 1 aromatic heterocycles. The van der Waals surface area contributed by atoms with E-state index in [9.17, 15) is 9.59 Å². The molecule has 0 aliphatic carbocycles. The minimum Gasteiger partial charge on any atom is -0.462 e. The number of carbonyl (C=O) groups excluding carboxylic acids is 2. The van der Waals surface area contributed by atoms with Crippen LogP contribution in [0.25, 0.3) is 0 Å². The molecule has 1 aromatic rings. The van der Waals surface area contributed by atoms with Crippen molar-refractivity contribution >= 4 is 11.9 Å². The summed E-state index contributed by atoms with van der Waals surface area (Å²) in [6.07, 6.45) is 0. The fraction of sp³-hybridized carbons (Fsp3) is 0.462. The summed E-state index contributed by atoms with van der Waals surface area (Å²) < 4.78 is 9.79. The number of aromatic nitrogens is 1. The standard InChI is InChI=1S/C13H17NO4/c1-5-17-12(15)10-7-8(3)9(4)14-11(10)13(16)18-6-2/h7H,5-6H2,1-4H3. The molecule has 0 radical (unpaired) electrons. The quantitative estimate of drug-likeness (QED) is 0.766. The van der Waals surface area contributed by atoms with Gasteiger partial charge in [0, 0.05) is 5.69 Å². The van der Waals surface area contributed by atoms with E-state index < -0.39 is 11.9 Å². The summed E-state index contributed by atoms with van der Waals surface area (Å²) >= 11 is 0. The number of rotatable bonds is 4. The lowest BCUT2D eigenvalue weighted by atomic mass is 10.1. The molecule has 0 N–H and O–H groups in total. The Hall–Kier alpha value is -1.91. The van der Waals surface area contributed by atoms with Crippen LogP contribution in [0.2, 0.25) is 0 Å². The molecule has 0 aliphatic heterocycles. The van der Waals surface area contributed by atoms with E-state index in [1.165, 1.54) is 0 Å². The number of pyridine rings is 1. The molecule has 5 heteroatoms. The van der Waals surface area contributed by atoms with E-state index in [1.54, 1.807) is 26.8 Å². The van der Waals surface area contributed by atoms with Gasteiger partial charge in [-0.2, -0.15) is 0 Å². The maximum absolute atomic E-state index is 11.8. The lowest BCUT2D eigenvalue weighted by Crippen LogP contribution is -2.17. The highest BCUT2D eigenvalue weighted by molar-refractivity contribution is 6.01. The van der Waals surface area contributed by atoms with Crippen LogP contribution < -0.4 is 0 Å². The van der Waals surface area contributed by atoms with Crippen molar-refractivity contribution < 1.29 is 19.1 Å². The van der Waals surface area contributed by atoms with Gasteiger partial charge in [0.05, 0.1) is 18.8 Å². The van der Waals surface area contributed by atoms with Crippen molar-refractivity contribution in [3.05, 3.63) is 28.6 Å². The molecule has 0 atom stereocenters. The van der Waals surface area contributed by atoms with Gasteiger partial charge in [-0.05, 0) is 39.3 Å². The summed E-state index contributed by atoms with van der Waals surface area (Å²) in [6, 6.07) is 1.60. The zero-order valence-electron chi connectivity index (χ0n) is 11.1. The first-order valence-corrected chi connectivity index (χ1v) is 5.83. The first-order valence-electron chi connectivity index (χ1n) is 5.83. The zero-order chi connectivity index (χ0) is 13.7. The first-order chi connectivity index (χ1) is 8.51. The Morgan fingerprint density at radius 1 is 1.11 bits per heavy atom. The van der Waals surface area contributed by atoms with Crippen LogP contribution >= 0.6 is 0 Å². The fourth-order valence-electron chi connectivity index (χ4n) is 1.42. The Morgan fingerprint density at radius 2 is 1.67 bits per heavy atom. The average Bonchev–Trinajstić information content (AvgIpc) is 2.32. The zero-order valence-corrected chi connectivity index (χ0v) is 11.1. The number of hydrogen-bond acceptors (Lipinski definition) is 5. The largest absolute Gasteiger partial charge is 0.462 e. The molecule has 18 heavy (non-hydrogen) atoms. The molecule has 0 aromatic carbocycles. The Kier molecular flexibility index (Phi) is 4.83. The van der Waals surface area contributed by atoms with E-state index in [0.717, 1.165) is 5.56 Å². The maximum atomic E-state index is 11.8. The van der Waals surface area contributed by atoms with Crippen molar-refractivity contribution in [2.45, 2.75) is 27.7 Å². The highest BCUT2D eigenvalue weighted by atomic mass is 16.5. The molecular weight excluding hydrogens is 234 g/mol. The van der Waals surface area contributed by atoms with Gasteiger partial charge >= 0.3 is 11.9 Å². The van der Waals surface area contributed by atoms with Gasteiger partial charge in [-0.1, -0.05) is 0 Å². The van der Waals surface area contributed by atoms with E-state index >= 15 is 0 Å². The van der Waals surface area contributed by atoms with Gasteiger partial charge in [0.1, 0.15) is 0 Å². The van der Waals surface area contributed by atoms with Crippen LogP contribution in [-0.2, 0) is 9.47 Å². The van der Waals surface area contributed by atoms with Crippen LogP contribution in [0, 0.1) is 13.8 Å². The SMILES string of the molecule is CCOC(=O)c1cc(C)c(C)nc1C(=O)OCC. The molecule has 0 saturated carbocycles. The van der Waals surface area contributed by atoms with Gasteiger partial charge in [0.15, 0.2) is 5.69 Å². The van der Waals surface area contributed by atoms with Gasteiger partial charge in [-0.25, -0.2) is 14.6 Å². The summed E-state index contributed by atoms with van der Waals surface area (Å²) in [6.45, 7) is 7.47. The average molecular weight is 251 g/mol. The molecule has 5 nitrogen and oxygen atoms in total. The van der Waals surface area contributed by atoms with Gasteiger partial charge in [-0.3, -0.25) is 0 Å². The maximum Gasteiger partial charge on any atom is 0.357 e. The predicted octanol–water partition coefficient (Wildman–Crippen LogP) is 2.05. The van der Waals surface area contributed by atoms with Gasteiger partial charge < -0.3 is 9.47 Å². The van der Waals surface area contributed by atoms with Gasteiger partial charge in [0.25, 0.3) is 0 Å². The van der Waals surface area contributed by atoms with Crippen LogP contribution in [0.4, 0.5) is 0 Å². The third-order valence-electron chi connectivity index (χ3n) is 2.43. The lowest BCUT2D eigenvalue weighted by molar-refractivity contribution is 0.0473. The molecule has 0 amide bonds. The van der Waals surface area contributed by atoms with Crippen LogP contribution in [0.15, 0.2) is 6.07 Å². The Morgan fingerprint density at radius 3 is 2.22 bits per heavy atom. The molecule has 1 heterocycles. The molecular formula is C13H17NO4. The monoisotopic (exact) mass is 251 g/mol. The third kappa shape index (κ3) is 3.06. The Labute approximate surface area is 106 Å². The normalized spacial score (nSPS) is 10.0. The summed E-state index contributed by atoms with van der Waals surface area (Å²) in [7, 11) is 0. The van der Waals surface area contributed by atoms with Crippen LogP contribution in [0.3, 0.4) is 0 Å². The summed E-state index contributed by atoms with van der Waals surface area (Å²) in [5, 5.41) is 0. The molecule has 98 valence electrons. The highest BCUT2D eigenvalue weighted by Gasteiger charge is 2.22. The number of esters is 2. The first kappa shape index (κ1) is 14.2. The number of carbonyl (C=O) groups is 2. The lowest BCUT2D eigenvalue weighted by Gasteiger charge is -2.10. The molecule has 0 fully saturated rings. The number of nitrogens with zero attached hydrogens (tertiary/aromatic N) is 1. The second kappa shape index (κ2) is 6.14. The topological polar surface area (TPSA) is 65.5 Å². The number of hydrogen-bond donors (Lipinski definition) is 0. The molecule has 0 aliphatic rings. The van der Waals surface area contributed by atoms with Crippen molar-refractivity contribution in [1.29, 1.82) is 0 Å². The fourth-order valence-corrected chi connectivity index (χ4v) is 1.42. The molecule has 0 spiro atoms. The minimum absolute atomic E-state index is 0.0124. The van der Waals surface area contributed by atoms with E-state index in [2.05, 4.69) is 4.98 Å². The summed E-state index contributed by atoms with van der Waals surface area (Å²) in [5.41, 5.74) is 1.68. The Balaban J connectivity index is 3.25. The molecule has 0 bridgehead atoms. The van der Waals surface area contributed by atoms with E-state index in [-0.39, 0.29) is 24.5 Å². The highest BCUT2D eigenvalue weighted by Crippen LogP contribution is 2.15. The van der Waals surface area contributed by atoms with Crippen molar-refractivity contribution in [2.24, 2.45) is 0 Å². The predicted molar refractivity (Wildman–Crippen MR) is 65.6 cm³/mol. The number of aryl methyl sites for hydroxylation is 2. The molecule has 0 saturated heterocycles. The third-order valence-corrected chi connectivity index (χ3v) is 2.43. The molecule has 1 rings (SSSR count). The molecule has 0 unspecified atom stereocenters. The van der Waals surface area contributed by atoms with Crippen molar-refractivity contribution in [3.8, 4) is 0 Å². The smallest absolute Gasteiger partial charge is 0.357 e. The Bertz CT molecular complexity index is 425. The van der Waals surface area contributed by atoms with E-state index in [4.69, 9.17) is 9.47 Å². The second-order valence-corrected chi connectivity index (χ2v) is 3.73. The van der Waals surface area contributed by atoms with Gasteiger partial charge in [0.2, 0.25) is 0 Å². The van der Waals surface area contributed by atoms with Crippen molar-refractivity contribution in [3.63, 3.8) is 0 Å². The van der Waals surface area contributed by atoms with E-state index in [1.807, 2.05) is 6.92 Å². The summed E-state index contributed by atoms with van der Waals surface area (Å²) in [4.78, 5) is 27.6. The van der Waals surface area contributed by atoms with Crippen molar-refractivity contribution in [2.75, 3.05) is 13.2 Å². The minimum atomic E-state index is -0.608. The van der Waals surface area contributed by atoms with Crippen molar-refractivity contribution in [1.82, 2.24) is 4.98 Å². The van der Waals surface area contributed by atoms with Crippen LogP contribution in [-0.4, -0.2) is 30.1 Å². The van der Waals surface area contributed by atoms with E-state index in [0.29, 0.717) is 5.69 Å². The summed E-state index contributed by atoms with van der Waals surface area (Å²) in [5.74, 6) is -1.17. The van der Waals surface area contributed by atoms with Gasteiger partial charge in [-0.15, -0.1) is 0 Å². The van der Waals surface area contributed by atoms with Crippen LogP contribution in [0.5, 0.6) is 0 Å². The van der Waals surface area contributed by atoms with Crippen LogP contribution in [0.1, 0.15) is 46.0 Å². The second-order valence-electron chi connectivity index (χ2n) is 3.73.